The average molecular weight is 201 g/mol. The van der Waals surface area contributed by atoms with Crippen LogP contribution in [0.5, 0.6) is 0 Å². The predicted molar refractivity (Wildman–Crippen MR) is 59.8 cm³/mol. The van der Waals surface area contributed by atoms with Gasteiger partial charge >= 0.3 is 0 Å². The van der Waals surface area contributed by atoms with E-state index in [0.717, 1.165) is 17.3 Å². The fourth-order valence-corrected chi connectivity index (χ4v) is 2.12. The topological polar surface area (TPSA) is 43.3 Å². The number of pyridine rings is 1. The Hall–Kier alpha value is -1.35. The summed E-state index contributed by atoms with van der Waals surface area (Å²) < 4.78 is 2.10. The number of hydrogen-bond donors (Lipinski definition) is 1. The van der Waals surface area contributed by atoms with Crippen LogP contribution in [0.2, 0.25) is 0 Å². The van der Waals surface area contributed by atoms with Gasteiger partial charge < -0.3 is 10.1 Å². The second kappa shape index (κ2) is 3.07. The van der Waals surface area contributed by atoms with Crippen molar-refractivity contribution >= 4 is 5.65 Å². The smallest absolute Gasteiger partial charge is 0.137 e. The highest BCUT2D eigenvalue weighted by molar-refractivity contribution is 5.47. The molecule has 0 unspecified atom stereocenters. The maximum Gasteiger partial charge on any atom is 0.137 e. The molecule has 0 radical (unpaired) electrons. The van der Waals surface area contributed by atoms with Crippen LogP contribution in [0.15, 0.2) is 18.5 Å². The van der Waals surface area contributed by atoms with Crippen LogP contribution in [0, 0.1) is 6.92 Å². The molecule has 0 atom stereocenters. The van der Waals surface area contributed by atoms with Crippen LogP contribution in [0.1, 0.15) is 35.6 Å². The quantitative estimate of drug-likeness (QED) is 0.807. The van der Waals surface area contributed by atoms with Gasteiger partial charge in [-0.15, -0.1) is 0 Å². The third-order valence-electron chi connectivity index (χ3n) is 3.12. The van der Waals surface area contributed by atoms with Crippen molar-refractivity contribution in [2.24, 2.45) is 5.73 Å². The van der Waals surface area contributed by atoms with E-state index in [9.17, 15) is 0 Å². The van der Waals surface area contributed by atoms with Gasteiger partial charge in [-0.2, -0.15) is 0 Å². The highest BCUT2D eigenvalue weighted by atomic mass is 15.0. The summed E-state index contributed by atoms with van der Waals surface area (Å²) in [5, 5.41) is 0. The van der Waals surface area contributed by atoms with E-state index in [1.54, 1.807) is 0 Å². The molecule has 0 amide bonds. The van der Waals surface area contributed by atoms with Gasteiger partial charge in [0.25, 0.3) is 0 Å². The summed E-state index contributed by atoms with van der Waals surface area (Å²) in [5.74, 6) is 0.790. The molecule has 2 heterocycles. The fourth-order valence-electron chi connectivity index (χ4n) is 2.12. The SMILES string of the molecule is Cc1cc2nc(CN)cn2cc1C1CC1. The van der Waals surface area contributed by atoms with Gasteiger partial charge in [-0.25, -0.2) is 4.98 Å². The first-order valence-electron chi connectivity index (χ1n) is 5.46. The minimum atomic E-state index is 0.513. The van der Waals surface area contributed by atoms with Crippen molar-refractivity contribution in [1.29, 1.82) is 0 Å². The Balaban J connectivity index is 2.18. The van der Waals surface area contributed by atoms with Crippen LogP contribution in [0.25, 0.3) is 5.65 Å². The number of nitrogens with two attached hydrogens (primary N) is 1. The van der Waals surface area contributed by atoms with Crippen molar-refractivity contribution in [3.63, 3.8) is 0 Å². The molecular weight excluding hydrogens is 186 g/mol. The van der Waals surface area contributed by atoms with Gasteiger partial charge in [-0.3, -0.25) is 0 Å². The summed E-state index contributed by atoms with van der Waals surface area (Å²) in [6, 6.07) is 2.16. The maximum absolute atomic E-state index is 5.59. The molecule has 2 aromatic heterocycles. The van der Waals surface area contributed by atoms with Crippen LogP contribution in [0.4, 0.5) is 0 Å². The maximum atomic E-state index is 5.59. The molecule has 3 heteroatoms. The van der Waals surface area contributed by atoms with Crippen LogP contribution in [-0.4, -0.2) is 9.38 Å². The molecule has 15 heavy (non-hydrogen) atoms. The van der Waals surface area contributed by atoms with E-state index in [4.69, 9.17) is 5.73 Å². The lowest BCUT2D eigenvalue weighted by atomic mass is 10.1. The molecule has 0 aliphatic heterocycles. The molecule has 1 saturated carbocycles. The van der Waals surface area contributed by atoms with Gasteiger partial charge in [0.15, 0.2) is 0 Å². The number of hydrogen-bond acceptors (Lipinski definition) is 2. The number of fused-ring (bicyclic) bond motifs is 1. The Morgan fingerprint density at radius 2 is 2.27 bits per heavy atom. The standard InChI is InChI=1S/C12H15N3/c1-8-4-12-14-10(5-13)6-15(12)7-11(8)9-2-3-9/h4,6-7,9H,2-3,5,13H2,1H3. The Morgan fingerprint density at radius 1 is 1.47 bits per heavy atom. The van der Waals surface area contributed by atoms with E-state index < -0.39 is 0 Å². The molecule has 0 bridgehead atoms. The molecule has 3 nitrogen and oxygen atoms in total. The monoisotopic (exact) mass is 201 g/mol. The van der Waals surface area contributed by atoms with Gasteiger partial charge in [-0.1, -0.05) is 0 Å². The third-order valence-corrected chi connectivity index (χ3v) is 3.12. The zero-order valence-electron chi connectivity index (χ0n) is 8.90. The minimum absolute atomic E-state index is 0.513. The van der Waals surface area contributed by atoms with Crippen molar-refractivity contribution < 1.29 is 0 Å². The second-order valence-electron chi connectivity index (χ2n) is 4.39. The Labute approximate surface area is 88.9 Å². The molecule has 1 fully saturated rings. The first kappa shape index (κ1) is 8.92. The Kier molecular flexibility index (Phi) is 1.83. The van der Waals surface area contributed by atoms with Crippen molar-refractivity contribution in [2.75, 3.05) is 0 Å². The van der Waals surface area contributed by atoms with E-state index in [1.807, 2.05) is 6.20 Å². The Morgan fingerprint density at radius 3 is 2.93 bits per heavy atom. The molecule has 0 aromatic carbocycles. The number of rotatable bonds is 2. The van der Waals surface area contributed by atoms with Crippen molar-refractivity contribution in [3.8, 4) is 0 Å². The molecule has 1 aliphatic carbocycles. The number of aryl methyl sites for hydroxylation is 1. The first-order chi connectivity index (χ1) is 7.28. The lowest BCUT2D eigenvalue weighted by Crippen LogP contribution is -1.95. The van der Waals surface area contributed by atoms with Crippen LogP contribution in [0.3, 0.4) is 0 Å². The normalized spacial score (nSPS) is 16.1. The highest BCUT2D eigenvalue weighted by Gasteiger charge is 2.25. The molecule has 2 aromatic rings. The van der Waals surface area contributed by atoms with Gasteiger partial charge in [0.1, 0.15) is 5.65 Å². The summed E-state index contributed by atoms with van der Waals surface area (Å²) >= 11 is 0. The highest BCUT2D eigenvalue weighted by Crippen LogP contribution is 2.41. The van der Waals surface area contributed by atoms with E-state index in [1.165, 1.54) is 24.0 Å². The van der Waals surface area contributed by atoms with Crippen molar-refractivity contribution in [1.82, 2.24) is 9.38 Å². The molecule has 3 rings (SSSR count). The van der Waals surface area contributed by atoms with Gasteiger partial charge in [-0.05, 0) is 42.9 Å². The minimum Gasteiger partial charge on any atom is -0.325 e. The summed E-state index contributed by atoms with van der Waals surface area (Å²) in [6.07, 6.45) is 6.92. The summed E-state index contributed by atoms with van der Waals surface area (Å²) in [7, 11) is 0. The molecular formula is C12H15N3. The Bertz CT molecular complexity index is 509. The van der Waals surface area contributed by atoms with E-state index in [-0.39, 0.29) is 0 Å². The third kappa shape index (κ3) is 1.43. The van der Waals surface area contributed by atoms with Crippen LogP contribution in [-0.2, 0) is 6.54 Å². The lowest BCUT2D eigenvalue weighted by molar-refractivity contribution is 1.01. The second-order valence-corrected chi connectivity index (χ2v) is 4.39. The van der Waals surface area contributed by atoms with Gasteiger partial charge in [0.2, 0.25) is 0 Å². The molecule has 0 spiro atoms. The van der Waals surface area contributed by atoms with Gasteiger partial charge in [0.05, 0.1) is 5.69 Å². The average Bonchev–Trinajstić information content (AvgIpc) is 2.98. The largest absolute Gasteiger partial charge is 0.325 e. The molecule has 0 saturated heterocycles. The van der Waals surface area contributed by atoms with Crippen molar-refractivity contribution in [3.05, 3.63) is 35.3 Å². The predicted octanol–water partition coefficient (Wildman–Crippen LogP) is 1.98. The van der Waals surface area contributed by atoms with Crippen LogP contribution >= 0.6 is 0 Å². The lowest BCUT2D eigenvalue weighted by Gasteiger charge is -2.04. The molecule has 1 aliphatic rings. The molecule has 2 N–H and O–H groups in total. The summed E-state index contributed by atoms with van der Waals surface area (Å²) in [4.78, 5) is 4.45. The molecule has 78 valence electrons. The number of aromatic nitrogens is 2. The summed E-state index contributed by atoms with van der Waals surface area (Å²) in [6.45, 7) is 2.68. The van der Waals surface area contributed by atoms with Crippen LogP contribution < -0.4 is 5.73 Å². The fraction of sp³-hybridized carbons (Fsp3) is 0.417. The number of nitrogens with zero attached hydrogens (tertiary/aromatic N) is 2. The zero-order chi connectivity index (χ0) is 10.4. The first-order valence-corrected chi connectivity index (χ1v) is 5.46. The van der Waals surface area contributed by atoms with E-state index >= 15 is 0 Å². The summed E-state index contributed by atoms with van der Waals surface area (Å²) in [5.41, 5.74) is 10.4. The van der Waals surface area contributed by atoms with E-state index in [0.29, 0.717) is 6.54 Å². The van der Waals surface area contributed by atoms with Crippen molar-refractivity contribution in [2.45, 2.75) is 32.2 Å². The van der Waals surface area contributed by atoms with Gasteiger partial charge in [0, 0.05) is 18.9 Å². The van der Waals surface area contributed by atoms with E-state index in [2.05, 4.69) is 28.6 Å². The number of imidazole rings is 1. The zero-order valence-corrected chi connectivity index (χ0v) is 8.90.